The van der Waals surface area contributed by atoms with Gasteiger partial charge in [-0.05, 0) is 238 Å². The van der Waals surface area contributed by atoms with Crippen LogP contribution in [0.15, 0.2) is 48.5 Å². The minimum Gasteiger partial charge on any atom is -0.494 e. The van der Waals surface area contributed by atoms with E-state index in [0.717, 1.165) is 163 Å². The second-order valence-electron chi connectivity index (χ2n) is 31.9. The van der Waals surface area contributed by atoms with E-state index in [1.165, 1.54) is 24.0 Å². The molecule has 20 nitrogen and oxygen atoms in total. The number of ether oxygens (including phenoxy) is 12. The van der Waals surface area contributed by atoms with Crippen LogP contribution in [0.3, 0.4) is 0 Å². The van der Waals surface area contributed by atoms with Crippen molar-refractivity contribution in [1.29, 1.82) is 0 Å². The smallest absolute Gasteiger partial charge is 0.317 e. The largest absolute Gasteiger partial charge is 0.494 e. The SMILES string of the molecule is CC(C)(c1ccc(OCCC[Si]2(C)O[Si](C)(CCCOCC3CO3)O[Si](C)(CCCOCC3CO3)O[Si](C)(CCC3CCC4OC4C3)O2)cc1)c1ccc(OCCC[Si]2(C)O[Si](C)(CCCOCC3CO3)O[Si](C)(CCCOCC3CO3)O[Si](C)(CCC3CCC4OC4C3)O2)cc1. The van der Waals surface area contributed by atoms with E-state index in [4.69, 9.17) is 89.8 Å². The van der Waals surface area contributed by atoms with Gasteiger partial charge in [0.1, 0.15) is 35.9 Å². The van der Waals surface area contributed by atoms with Gasteiger partial charge in [-0.2, -0.15) is 0 Å². The highest BCUT2D eigenvalue weighted by Gasteiger charge is 2.59. The number of hydrogen-bond acceptors (Lipinski definition) is 20. The number of rotatable bonds is 42. The molecule has 2 aromatic carbocycles. The van der Waals surface area contributed by atoms with Crippen LogP contribution in [-0.2, 0) is 85.7 Å². The average molecular weight is 1490 g/mol. The Labute approximate surface area is 589 Å². The third-order valence-electron chi connectivity index (χ3n) is 21.4. The summed E-state index contributed by atoms with van der Waals surface area (Å²) in [7, 11) is -22.7. The molecule has 0 N–H and O–H groups in total. The Morgan fingerprint density at radius 2 is 0.598 bits per heavy atom. The van der Waals surface area contributed by atoms with Gasteiger partial charge in [0.05, 0.1) is 90.5 Å². The third kappa shape index (κ3) is 24.0. The lowest BCUT2D eigenvalue weighted by Gasteiger charge is -2.50. The van der Waals surface area contributed by atoms with Crippen molar-refractivity contribution in [2.75, 3.05) is 92.5 Å². The predicted molar refractivity (Wildman–Crippen MR) is 387 cm³/mol. The molecule has 0 spiro atoms. The van der Waals surface area contributed by atoms with Crippen LogP contribution in [0.5, 0.6) is 11.5 Å². The van der Waals surface area contributed by atoms with Gasteiger partial charge >= 0.3 is 68.5 Å². The zero-order valence-corrected chi connectivity index (χ0v) is 68.5. The van der Waals surface area contributed by atoms with E-state index in [2.05, 4.69) is 115 Å². The Kier molecular flexibility index (Phi) is 25.9. The van der Waals surface area contributed by atoms with Crippen molar-refractivity contribution in [3.8, 4) is 11.5 Å². The number of epoxide rings is 6. The van der Waals surface area contributed by atoms with E-state index in [1.54, 1.807) is 0 Å². The molecule has 0 amide bonds. The van der Waals surface area contributed by atoms with Gasteiger partial charge in [0.2, 0.25) is 0 Å². The number of benzene rings is 2. The first-order chi connectivity index (χ1) is 46.4. The molecule has 0 radical (unpaired) electrons. The first-order valence-corrected chi connectivity index (χ1v) is 57.8. The van der Waals surface area contributed by atoms with Crippen LogP contribution in [-0.4, -0.2) is 210 Å². The van der Waals surface area contributed by atoms with E-state index in [1.807, 2.05) is 0 Å². The molecule has 8 heterocycles. The Morgan fingerprint density at radius 3 is 0.856 bits per heavy atom. The second-order valence-corrected chi connectivity index (χ2v) is 60.5. The third-order valence-corrected chi connectivity index (χ3v) is 59.0. The van der Waals surface area contributed by atoms with E-state index >= 15 is 0 Å². The minimum absolute atomic E-state index is 0.233. The van der Waals surface area contributed by atoms with Crippen molar-refractivity contribution in [2.24, 2.45) is 11.8 Å². The van der Waals surface area contributed by atoms with E-state index in [9.17, 15) is 0 Å². The van der Waals surface area contributed by atoms with E-state index in [0.29, 0.717) is 102 Å². The van der Waals surface area contributed by atoms with E-state index in [-0.39, 0.29) is 29.8 Å². The Bertz CT molecular complexity index is 2600. The highest BCUT2D eigenvalue weighted by molar-refractivity contribution is 6.95. The summed E-state index contributed by atoms with van der Waals surface area (Å²) in [4.78, 5) is 0. The Balaban J connectivity index is 0.645. The minimum atomic E-state index is -2.89. The van der Waals surface area contributed by atoms with Gasteiger partial charge in [0, 0.05) is 31.8 Å². The van der Waals surface area contributed by atoms with Crippen LogP contribution < -0.4 is 9.47 Å². The molecular formula is C69H120O20Si8. The van der Waals surface area contributed by atoms with Gasteiger partial charge in [-0.15, -0.1) is 0 Å². The second kappa shape index (κ2) is 33.2. The first-order valence-electron chi connectivity index (χ1n) is 37.6. The van der Waals surface area contributed by atoms with Gasteiger partial charge in [-0.1, -0.05) is 38.1 Å². The van der Waals surface area contributed by atoms with Crippen LogP contribution in [0.2, 0.25) is 101 Å². The molecule has 2 aromatic rings. The fourth-order valence-electron chi connectivity index (χ4n) is 15.8. The van der Waals surface area contributed by atoms with Gasteiger partial charge in [0.25, 0.3) is 0 Å². The maximum atomic E-state index is 7.62. The standard InChI is InChI=1S/C69H120O20Si8/c1-69(2,57-19-23-59(24-20-57)74-35-15-41-94(7)84-90(3,37-11-31-70-47-61-51-76-61)82-92(5,39-13-33-72-49-63-53-78-63)86-96(9,88-94)43-29-55-17-27-65-67(45-55)80-65)58-21-25-60(26-22-58)75-36-16-42-95(8)85-91(4,38-12-32-71-48-62-52-77-62)83-93(6,40-14-34-73-50-64-54-79-64)87-97(10,89-95)44-30-56-18-28-66-68(46-56)81-66/h19-26,55-56,61-68H,11-18,27-54H2,1-10H3. The van der Waals surface area contributed by atoms with Crippen LogP contribution in [0.25, 0.3) is 0 Å². The Hall–Kier alpha value is -0.945. The molecule has 28 heteroatoms. The number of hydrogen-bond donors (Lipinski definition) is 0. The molecule has 10 fully saturated rings. The maximum Gasteiger partial charge on any atom is 0.317 e. The summed E-state index contributed by atoms with van der Waals surface area (Å²) in [5.41, 5.74) is 2.14. The molecule has 8 aliphatic heterocycles. The molecule has 0 bridgehead atoms. The fourth-order valence-corrected chi connectivity index (χ4v) is 62.5. The topological polar surface area (TPSA) is 204 Å². The van der Waals surface area contributed by atoms with Crippen molar-refractivity contribution >= 4 is 68.5 Å². The zero-order valence-electron chi connectivity index (χ0n) is 60.5. The summed E-state index contributed by atoms with van der Waals surface area (Å²) >= 11 is 0. The quantitative estimate of drug-likeness (QED) is 0.0344. The lowest BCUT2D eigenvalue weighted by Crippen LogP contribution is -2.67. The molecule has 2 saturated carbocycles. The molecule has 8 saturated heterocycles. The molecule has 0 aromatic heterocycles. The van der Waals surface area contributed by atoms with E-state index < -0.39 is 68.5 Å². The first kappa shape index (κ1) is 75.7. The summed E-state index contributed by atoms with van der Waals surface area (Å²) in [5.74, 6) is 2.94. The summed E-state index contributed by atoms with van der Waals surface area (Å²) in [6, 6.07) is 23.9. The average Bonchev–Trinajstić information content (AvgIpc) is 1.63. The van der Waals surface area contributed by atoms with Crippen LogP contribution in [0, 0.1) is 11.8 Å². The highest BCUT2D eigenvalue weighted by Crippen LogP contribution is 2.47. The van der Waals surface area contributed by atoms with Crippen molar-refractivity contribution in [2.45, 2.75) is 259 Å². The zero-order chi connectivity index (χ0) is 67.8. The van der Waals surface area contributed by atoms with Gasteiger partial charge in [-0.25, -0.2) is 0 Å². The summed E-state index contributed by atoms with van der Waals surface area (Å²) in [5, 5.41) is 0. The van der Waals surface area contributed by atoms with Crippen molar-refractivity contribution in [1.82, 2.24) is 0 Å². The fraction of sp³-hybridized carbons (Fsp3) is 0.826. The summed E-state index contributed by atoms with van der Waals surface area (Å²) < 4.78 is 131. The maximum absolute atomic E-state index is 7.62. The molecule has 548 valence electrons. The molecule has 12 rings (SSSR count). The van der Waals surface area contributed by atoms with Crippen molar-refractivity contribution in [3.05, 3.63) is 59.7 Å². The van der Waals surface area contributed by atoms with Gasteiger partial charge in [-0.3, -0.25) is 0 Å². The molecule has 18 unspecified atom stereocenters. The van der Waals surface area contributed by atoms with Crippen molar-refractivity contribution in [3.63, 3.8) is 0 Å². The van der Waals surface area contributed by atoms with Crippen LogP contribution in [0.4, 0.5) is 0 Å². The lowest BCUT2D eigenvalue weighted by molar-refractivity contribution is 0.113. The van der Waals surface area contributed by atoms with Crippen LogP contribution in [0.1, 0.15) is 115 Å². The molecule has 97 heavy (non-hydrogen) atoms. The molecule has 2 aliphatic carbocycles. The summed E-state index contributed by atoms with van der Waals surface area (Å²) in [6.07, 6.45) is 17.0. The molecule has 10 aliphatic rings. The monoisotopic (exact) mass is 1490 g/mol. The predicted octanol–water partition coefficient (Wildman–Crippen LogP) is 13.4. The lowest BCUT2D eigenvalue weighted by atomic mass is 9.78. The van der Waals surface area contributed by atoms with Crippen LogP contribution >= 0.6 is 0 Å². The molecule has 18 atom stereocenters. The molecular weight excluding hydrogens is 1370 g/mol. The van der Waals surface area contributed by atoms with Gasteiger partial charge in [0.15, 0.2) is 0 Å². The van der Waals surface area contributed by atoms with Crippen molar-refractivity contribution < 1.29 is 89.8 Å². The summed E-state index contributed by atoms with van der Waals surface area (Å²) in [6.45, 7) is 32.1. The van der Waals surface area contributed by atoms with Gasteiger partial charge < -0.3 is 89.8 Å². The number of fused-ring (bicyclic) bond motifs is 2. The Morgan fingerprint density at radius 1 is 0.340 bits per heavy atom. The highest BCUT2D eigenvalue weighted by atomic mass is 28.5. The normalized spacial score (nSPS) is 39.0.